The van der Waals surface area contributed by atoms with E-state index in [-0.39, 0.29) is 23.8 Å². The monoisotopic (exact) mass is 243 g/mol. The molecule has 2 unspecified atom stereocenters. The normalized spacial score (nSPS) is 24.9. The second-order valence-corrected chi connectivity index (χ2v) is 4.56. The van der Waals surface area contributed by atoms with Crippen LogP contribution in [0.4, 0.5) is 4.39 Å². The first-order valence-electron chi connectivity index (χ1n) is 5.48. The summed E-state index contributed by atoms with van der Waals surface area (Å²) >= 11 is 5.68. The summed E-state index contributed by atoms with van der Waals surface area (Å²) in [4.78, 5) is 0. The third-order valence-corrected chi connectivity index (χ3v) is 3.28. The fraction of sp³-hybridized carbons (Fsp3) is 0.500. The SMILES string of the molecule is NC1CCCC1OCc1cccc(Cl)c1F. The van der Waals surface area contributed by atoms with Gasteiger partial charge in [-0.05, 0) is 25.3 Å². The highest BCUT2D eigenvalue weighted by atomic mass is 35.5. The van der Waals surface area contributed by atoms with E-state index < -0.39 is 5.82 Å². The van der Waals surface area contributed by atoms with Crippen LogP contribution in [0.25, 0.3) is 0 Å². The van der Waals surface area contributed by atoms with Crippen LogP contribution in [0.1, 0.15) is 24.8 Å². The van der Waals surface area contributed by atoms with Gasteiger partial charge in [-0.3, -0.25) is 0 Å². The van der Waals surface area contributed by atoms with Gasteiger partial charge in [0.15, 0.2) is 0 Å². The van der Waals surface area contributed by atoms with E-state index in [2.05, 4.69) is 0 Å². The molecule has 88 valence electrons. The third kappa shape index (κ3) is 2.54. The number of nitrogens with two attached hydrogens (primary N) is 1. The van der Waals surface area contributed by atoms with Crippen molar-refractivity contribution in [3.63, 3.8) is 0 Å². The Bertz CT molecular complexity index is 372. The number of hydrogen-bond acceptors (Lipinski definition) is 2. The van der Waals surface area contributed by atoms with Crippen LogP contribution < -0.4 is 5.73 Å². The van der Waals surface area contributed by atoms with Gasteiger partial charge in [0.25, 0.3) is 0 Å². The van der Waals surface area contributed by atoms with Gasteiger partial charge in [-0.1, -0.05) is 23.7 Å². The second-order valence-electron chi connectivity index (χ2n) is 4.16. The van der Waals surface area contributed by atoms with Crippen molar-refractivity contribution in [3.05, 3.63) is 34.6 Å². The lowest BCUT2D eigenvalue weighted by atomic mass is 10.2. The maximum Gasteiger partial charge on any atom is 0.147 e. The van der Waals surface area contributed by atoms with Crippen LogP contribution in [0.5, 0.6) is 0 Å². The van der Waals surface area contributed by atoms with E-state index in [1.165, 1.54) is 6.07 Å². The number of rotatable bonds is 3. The largest absolute Gasteiger partial charge is 0.372 e. The first-order valence-corrected chi connectivity index (χ1v) is 5.86. The Hall–Kier alpha value is -0.640. The molecule has 16 heavy (non-hydrogen) atoms. The summed E-state index contributed by atoms with van der Waals surface area (Å²) in [7, 11) is 0. The highest BCUT2D eigenvalue weighted by Crippen LogP contribution is 2.23. The van der Waals surface area contributed by atoms with E-state index in [1.54, 1.807) is 12.1 Å². The van der Waals surface area contributed by atoms with Gasteiger partial charge in [-0.2, -0.15) is 0 Å². The van der Waals surface area contributed by atoms with Crippen molar-refractivity contribution >= 4 is 11.6 Å². The molecule has 1 aromatic carbocycles. The summed E-state index contributed by atoms with van der Waals surface area (Å²) in [5.41, 5.74) is 6.36. The lowest BCUT2D eigenvalue weighted by molar-refractivity contribution is 0.0342. The highest BCUT2D eigenvalue weighted by molar-refractivity contribution is 6.30. The molecule has 4 heteroatoms. The molecule has 1 aliphatic carbocycles. The Kier molecular flexibility index (Phi) is 3.79. The fourth-order valence-corrected chi connectivity index (χ4v) is 2.21. The van der Waals surface area contributed by atoms with Crippen LogP contribution in [0.15, 0.2) is 18.2 Å². The molecule has 2 atom stereocenters. The standard InChI is InChI=1S/C12H15ClFNO/c13-9-4-1-3-8(12(9)14)7-16-11-6-2-5-10(11)15/h1,3-4,10-11H,2,5-7,15H2. The summed E-state index contributed by atoms with van der Waals surface area (Å²) in [5.74, 6) is -0.393. The molecule has 0 saturated heterocycles. The van der Waals surface area contributed by atoms with Gasteiger partial charge in [0.05, 0.1) is 17.7 Å². The number of halogens is 2. The molecule has 1 saturated carbocycles. The van der Waals surface area contributed by atoms with Gasteiger partial charge < -0.3 is 10.5 Å². The second kappa shape index (κ2) is 5.13. The highest BCUT2D eigenvalue weighted by Gasteiger charge is 2.24. The van der Waals surface area contributed by atoms with E-state index in [1.807, 2.05) is 0 Å². The van der Waals surface area contributed by atoms with Crippen molar-refractivity contribution in [2.45, 2.75) is 38.0 Å². The Morgan fingerprint density at radius 3 is 2.94 bits per heavy atom. The number of ether oxygens (including phenoxy) is 1. The van der Waals surface area contributed by atoms with Crippen LogP contribution in [0.2, 0.25) is 5.02 Å². The van der Waals surface area contributed by atoms with Crippen molar-refractivity contribution in [1.82, 2.24) is 0 Å². The van der Waals surface area contributed by atoms with E-state index in [0.717, 1.165) is 19.3 Å². The molecule has 0 aromatic heterocycles. The number of benzene rings is 1. The molecule has 2 N–H and O–H groups in total. The predicted molar refractivity (Wildman–Crippen MR) is 61.8 cm³/mol. The van der Waals surface area contributed by atoms with Crippen LogP contribution in [0.3, 0.4) is 0 Å². The van der Waals surface area contributed by atoms with Crippen molar-refractivity contribution in [2.75, 3.05) is 0 Å². The molecule has 0 heterocycles. The van der Waals surface area contributed by atoms with Crippen LogP contribution in [-0.4, -0.2) is 12.1 Å². The Morgan fingerprint density at radius 1 is 1.44 bits per heavy atom. The van der Waals surface area contributed by atoms with E-state index in [0.29, 0.717) is 5.56 Å². The summed E-state index contributed by atoms with van der Waals surface area (Å²) < 4.78 is 19.1. The zero-order valence-corrected chi connectivity index (χ0v) is 9.71. The first kappa shape index (κ1) is 11.8. The quantitative estimate of drug-likeness (QED) is 0.886. The van der Waals surface area contributed by atoms with Gasteiger partial charge in [-0.25, -0.2) is 4.39 Å². The minimum atomic E-state index is -0.393. The molecule has 0 spiro atoms. The molecule has 0 radical (unpaired) electrons. The summed E-state index contributed by atoms with van der Waals surface area (Å²) in [6, 6.07) is 5.02. The van der Waals surface area contributed by atoms with Crippen LogP contribution in [0, 0.1) is 5.82 Å². The summed E-state index contributed by atoms with van der Waals surface area (Å²) in [5, 5.41) is 0.136. The average molecular weight is 244 g/mol. The molecule has 2 rings (SSSR count). The van der Waals surface area contributed by atoms with Gasteiger partial charge in [-0.15, -0.1) is 0 Å². The van der Waals surface area contributed by atoms with Gasteiger partial charge in [0.1, 0.15) is 5.82 Å². The summed E-state index contributed by atoms with van der Waals surface area (Å²) in [6.45, 7) is 0.241. The number of hydrogen-bond donors (Lipinski definition) is 1. The van der Waals surface area contributed by atoms with Crippen molar-refractivity contribution in [1.29, 1.82) is 0 Å². The Morgan fingerprint density at radius 2 is 2.25 bits per heavy atom. The van der Waals surface area contributed by atoms with Crippen molar-refractivity contribution in [3.8, 4) is 0 Å². The zero-order chi connectivity index (χ0) is 11.5. The molecule has 0 bridgehead atoms. The van der Waals surface area contributed by atoms with Gasteiger partial charge in [0, 0.05) is 11.6 Å². The molecular formula is C12H15ClFNO. The smallest absolute Gasteiger partial charge is 0.147 e. The summed E-state index contributed by atoms with van der Waals surface area (Å²) in [6.07, 6.45) is 3.09. The van der Waals surface area contributed by atoms with Crippen molar-refractivity contribution < 1.29 is 9.13 Å². The van der Waals surface area contributed by atoms with E-state index in [9.17, 15) is 4.39 Å². The van der Waals surface area contributed by atoms with E-state index >= 15 is 0 Å². The Balaban J connectivity index is 1.96. The van der Waals surface area contributed by atoms with Gasteiger partial charge in [0.2, 0.25) is 0 Å². The molecule has 1 aromatic rings. The third-order valence-electron chi connectivity index (χ3n) is 2.99. The molecule has 2 nitrogen and oxygen atoms in total. The molecule has 0 amide bonds. The zero-order valence-electron chi connectivity index (χ0n) is 8.96. The lowest BCUT2D eigenvalue weighted by Crippen LogP contribution is -2.31. The molecule has 0 aliphatic heterocycles. The molecular weight excluding hydrogens is 229 g/mol. The first-order chi connectivity index (χ1) is 7.68. The van der Waals surface area contributed by atoms with Crippen LogP contribution in [-0.2, 0) is 11.3 Å². The predicted octanol–water partition coefficient (Wildman–Crippen LogP) is 2.88. The fourth-order valence-electron chi connectivity index (χ4n) is 2.02. The topological polar surface area (TPSA) is 35.2 Å². The molecule has 1 fully saturated rings. The van der Waals surface area contributed by atoms with Gasteiger partial charge >= 0.3 is 0 Å². The Labute approximate surface area is 99.5 Å². The lowest BCUT2D eigenvalue weighted by Gasteiger charge is -2.16. The maximum absolute atomic E-state index is 13.5. The average Bonchev–Trinajstić information content (AvgIpc) is 2.67. The maximum atomic E-state index is 13.5. The van der Waals surface area contributed by atoms with Crippen molar-refractivity contribution in [2.24, 2.45) is 5.73 Å². The van der Waals surface area contributed by atoms with E-state index in [4.69, 9.17) is 22.1 Å². The molecule has 1 aliphatic rings. The minimum Gasteiger partial charge on any atom is -0.372 e. The van der Waals surface area contributed by atoms with Crippen LogP contribution >= 0.6 is 11.6 Å². The minimum absolute atomic E-state index is 0.0541.